The van der Waals surface area contributed by atoms with E-state index in [9.17, 15) is 8.42 Å². The van der Waals surface area contributed by atoms with Crippen molar-refractivity contribution in [3.05, 3.63) is 0 Å². The highest BCUT2D eigenvalue weighted by Gasteiger charge is 2.21. The van der Waals surface area contributed by atoms with Crippen LogP contribution in [0.1, 0.15) is 33.6 Å². The van der Waals surface area contributed by atoms with Crippen LogP contribution < -0.4 is 10.0 Å². The van der Waals surface area contributed by atoms with Gasteiger partial charge in [-0.05, 0) is 32.9 Å². The Morgan fingerprint density at radius 1 is 1.28 bits per heavy atom. The van der Waals surface area contributed by atoms with Gasteiger partial charge >= 0.3 is 0 Å². The Hall–Kier alpha value is -0.170. The molecule has 1 fully saturated rings. The van der Waals surface area contributed by atoms with Crippen molar-refractivity contribution < 1.29 is 8.42 Å². The Balaban J connectivity index is 2.24. The molecule has 0 spiro atoms. The Bertz CT molecular complexity index is 324. The summed E-state index contributed by atoms with van der Waals surface area (Å²) in [7, 11) is -3.15. The summed E-state index contributed by atoms with van der Waals surface area (Å²) in [5.74, 6) is 0.173. The minimum absolute atomic E-state index is 0.0316. The standard InChI is InChI=1S/C12H27N3O2S/c1-4-15(5-2)10-11(3)14-18(16,17)9-8-13-12-6-7-12/h11-14H,4-10H2,1-3H3. The van der Waals surface area contributed by atoms with Crippen LogP contribution in [-0.4, -0.2) is 57.3 Å². The molecule has 0 aliphatic heterocycles. The number of rotatable bonds is 10. The highest BCUT2D eigenvalue weighted by atomic mass is 32.2. The van der Waals surface area contributed by atoms with E-state index in [4.69, 9.17) is 0 Å². The lowest BCUT2D eigenvalue weighted by Crippen LogP contribution is -2.43. The molecule has 0 amide bonds. The van der Waals surface area contributed by atoms with Gasteiger partial charge in [0, 0.05) is 25.2 Å². The molecule has 108 valence electrons. The van der Waals surface area contributed by atoms with Crippen LogP contribution in [0.5, 0.6) is 0 Å². The highest BCUT2D eigenvalue weighted by Crippen LogP contribution is 2.17. The first-order chi connectivity index (χ1) is 8.46. The molecule has 2 N–H and O–H groups in total. The zero-order chi connectivity index (χ0) is 13.6. The third-order valence-electron chi connectivity index (χ3n) is 3.19. The van der Waals surface area contributed by atoms with Crippen LogP contribution in [0.15, 0.2) is 0 Å². The first-order valence-electron chi connectivity index (χ1n) is 6.92. The predicted molar refractivity (Wildman–Crippen MR) is 75.2 cm³/mol. The summed E-state index contributed by atoms with van der Waals surface area (Å²) in [6, 6.07) is 0.532. The molecule has 0 saturated heterocycles. The maximum atomic E-state index is 11.8. The molecule has 0 aromatic rings. The quantitative estimate of drug-likeness (QED) is 0.606. The number of sulfonamides is 1. The summed E-state index contributed by atoms with van der Waals surface area (Å²) in [4.78, 5) is 2.22. The van der Waals surface area contributed by atoms with Gasteiger partial charge in [0.1, 0.15) is 0 Å². The van der Waals surface area contributed by atoms with Gasteiger partial charge in [-0.1, -0.05) is 13.8 Å². The number of hydrogen-bond acceptors (Lipinski definition) is 4. The molecule has 6 heteroatoms. The SMILES string of the molecule is CCN(CC)CC(C)NS(=O)(=O)CCNC1CC1. The van der Waals surface area contributed by atoms with Gasteiger partial charge in [0.05, 0.1) is 5.75 Å². The normalized spacial score (nSPS) is 18.2. The fourth-order valence-corrected chi connectivity index (χ4v) is 3.15. The Labute approximate surface area is 111 Å². The van der Waals surface area contributed by atoms with E-state index in [2.05, 4.69) is 28.8 Å². The molecule has 0 heterocycles. The van der Waals surface area contributed by atoms with Crippen LogP contribution in [0.3, 0.4) is 0 Å². The van der Waals surface area contributed by atoms with Crippen molar-refractivity contribution in [1.82, 2.24) is 14.9 Å². The molecule has 0 radical (unpaired) electrons. The second-order valence-corrected chi connectivity index (χ2v) is 6.93. The van der Waals surface area contributed by atoms with E-state index in [-0.39, 0.29) is 11.8 Å². The van der Waals surface area contributed by atoms with Gasteiger partial charge in [-0.3, -0.25) is 0 Å². The van der Waals surface area contributed by atoms with Crippen LogP contribution in [0, 0.1) is 0 Å². The summed E-state index contributed by atoms with van der Waals surface area (Å²) in [6.45, 7) is 9.32. The van der Waals surface area contributed by atoms with Crippen molar-refractivity contribution in [2.45, 2.75) is 45.7 Å². The molecule has 1 aliphatic rings. The number of hydrogen-bond donors (Lipinski definition) is 2. The molecule has 1 unspecified atom stereocenters. The minimum Gasteiger partial charge on any atom is -0.313 e. The molecular weight excluding hydrogens is 250 g/mol. The summed E-state index contributed by atoms with van der Waals surface area (Å²) in [6.07, 6.45) is 2.37. The molecule has 1 aliphatic carbocycles. The first kappa shape index (κ1) is 15.9. The Morgan fingerprint density at radius 2 is 1.89 bits per heavy atom. The molecule has 1 atom stereocenters. The van der Waals surface area contributed by atoms with Crippen LogP contribution in [-0.2, 0) is 10.0 Å². The molecule has 0 bridgehead atoms. The third-order valence-corrected chi connectivity index (χ3v) is 4.69. The van der Waals surface area contributed by atoms with E-state index < -0.39 is 10.0 Å². The van der Waals surface area contributed by atoms with E-state index in [1.165, 1.54) is 12.8 Å². The third kappa shape index (κ3) is 6.68. The van der Waals surface area contributed by atoms with Crippen molar-refractivity contribution >= 4 is 10.0 Å². The van der Waals surface area contributed by atoms with Crippen molar-refractivity contribution in [3.63, 3.8) is 0 Å². The van der Waals surface area contributed by atoms with Gasteiger partial charge < -0.3 is 10.2 Å². The molecule has 0 aromatic carbocycles. The Kier molecular flexibility index (Phi) is 6.55. The summed E-state index contributed by atoms with van der Waals surface area (Å²) >= 11 is 0. The lowest BCUT2D eigenvalue weighted by Gasteiger charge is -2.23. The Morgan fingerprint density at radius 3 is 2.39 bits per heavy atom. The van der Waals surface area contributed by atoms with Crippen LogP contribution in [0.4, 0.5) is 0 Å². The van der Waals surface area contributed by atoms with Crippen molar-refractivity contribution in [2.24, 2.45) is 0 Å². The van der Waals surface area contributed by atoms with E-state index in [0.29, 0.717) is 12.6 Å². The topological polar surface area (TPSA) is 61.4 Å². The van der Waals surface area contributed by atoms with Gasteiger partial charge in [0.25, 0.3) is 0 Å². The molecular formula is C12H27N3O2S. The summed E-state index contributed by atoms with van der Waals surface area (Å²) in [5.41, 5.74) is 0. The summed E-state index contributed by atoms with van der Waals surface area (Å²) in [5, 5.41) is 3.22. The monoisotopic (exact) mass is 277 g/mol. The number of nitrogens with zero attached hydrogens (tertiary/aromatic N) is 1. The molecule has 18 heavy (non-hydrogen) atoms. The van der Waals surface area contributed by atoms with Crippen LogP contribution in [0.2, 0.25) is 0 Å². The van der Waals surface area contributed by atoms with Gasteiger partial charge in [-0.25, -0.2) is 13.1 Å². The van der Waals surface area contributed by atoms with Crippen molar-refractivity contribution in [3.8, 4) is 0 Å². The largest absolute Gasteiger partial charge is 0.313 e. The number of likely N-dealkylation sites (N-methyl/N-ethyl adjacent to an activating group) is 1. The average molecular weight is 277 g/mol. The average Bonchev–Trinajstić information content (AvgIpc) is 3.08. The molecule has 0 aromatic heterocycles. The maximum Gasteiger partial charge on any atom is 0.213 e. The lowest BCUT2D eigenvalue weighted by atomic mass is 10.3. The maximum absolute atomic E-state index is 11.8. The lowest BCUT2D eigenvalue weighted by molar-refractivity contribution is 0.282. The van der Waals surface area contributed by atoms with E-state index in [1.807, 2.05) is 6.92 Å². The second-order valence-electron chi connectivity index (χ2n) is 5.05. The molecule has 5 nitrogen and oxygen atoms in total. The van der Waals surface area contributed by atoms with Gasteiger partial charge in [-0.15, -0.1) is 0 Å². The second kappa shape index (κ2) is 7.43. The smallest absolute Gasteiger partial charge is 0.213 e. The zero-order valence-corrected chi connectivity index (χ0v) is 12.6. The van der Waals surface area contributed by atoms with Crippen LogP contribution >= 0.6 is 0 Å². The molecule has 1 rings (SSSR count). The van der Waals surface area contributed by atoms with Gasteiger partial charge in [-0.2, -0.15) is 0 Å². The fraction of sp³-hybridized carbons (Fsp3) is 1.00. The zero-order valence-electron chi connectivity index (χ0n) is 11.8. The number of nitrogens with one attached hydrogen (secondary N) is 2. The van der Waals surface area contributed by atoms with Gasteiger partial charge in [0.15, 0.2) is 0 Å². The first-order valence-corrected chi connectivity index (χ1v) is 8.57. The summed E-state index contributed by atoms with van der Waals surface area (Å²) < 4.78 is 26.4. The van der Waals surface area contributed by atoms with Crippen LogP contribution in [0.25, 0.3) is 0 Å². The van der Waals surface area contributed by atoms with Gasteiger partial charge in [0.2, 0.25) is 10.0 Å². The molecule has 1 saturated carbocycles. The predicted octanol–water partition coefficient (Wildman–Crippen LogP) is 0.388. The van der Waals surface area contributed by atoms with E-state index in [0.717, 1.165) is 19.6 Å². The van der Waals surface area contributed by atoms with Crippen molar-refractivity contribution in [1.29, 1.82) is 0 Å². The van der Waals surface area contributed by atoms with E-state index in [1.54, 1.807) is 0 Å². The van der Waals surface area contributed by atoms with Crippen molar-refractivity contribution in [2.75, 3.05) is 31.9 Å². The highest BCUT2D eigenvalue weighted by molar-refractivity contribution is 7.89. The van der Waals surface area contributed by atoms with E-state index >= 15 is 0 Å². The fourth-order valence-electron chi connectivity index (χ4n) is 1.96. The minimum atomic E-state index is -3.15.